The zero-order valence-corrected chi connectivity index (χ0v) is 33.0. The van der Waals surface area contributed by atoms with Crippen LogP contribution in [0.15, 0.2) is 213 Å². The van der Waals surface area contributed by atoms with Crippen molar-refractivity contribution in [2.45, 2.75) is 19.3 Å². The summed E-state index contributed by atoms with van der Waals surface area (Å²) < 4.78 is 0. The fourth-order valence-corrected chi connectivity index (χ4v) is 8.68. The van der Waals surface area contributed by atoms with Gasteiger partial charge >= 0.3 is 0 Å². The average Bonchev–Trinajstić information content (AvgIpc) is 3.53. The number of rotatable bonds is 11. The molecule has 9 rings (SSSR count). The van der Waals surface area contributed by atoms with Gasteiger partial charge in [-0.3, -0.25) is 0 Å². The lowest BCUT2D eigenvalue weighted by Crippen LogP contribution is -2.23. The molecule has 0 heterocycles. The van der Waals surface area contributed by atoms with E-state index in [4.69, 9.17) is 0 Å². The number of anilines is 9. The molecule has 0 saturated heterocycles. The maximum Gasteiger partial charge on any atom is 0.0544 e. The number of benzene rings is 8. The molecule has 0 saturated carbocycles. The van der Waals surface area contributed by atoms with Crippen LogP contribution in [0.3, 0.4) is 0 Å². The van der Waals surface area contributed by atoms with Crippen molar-refractivity contribution in [2.24, 2.45) is 0 Å². The Balaban J connectivity index is 1.38. The van der Waals surface area contributed by atoms with E-state index in [2.05, 4.69) is 242 Å². The molecule has 0 spiro atoms. The molecule has 8 aromatic carbocycles. The van der Waals surface area contributed by atoms with Crippen molar-refractivity contribution in [3.63, 3.8) is 0 Å². The Labute approximate surface area is 342 Å². The number of fused-ring (bicyclic) bond motifs is 3. The van der Waals surface area contributed by atoms with Crippen LogP contribution in [0.1, 0.15) is 36.1 Å². The van der Waals surface area contributed by atoms with E-state index in [9.17, 15) is 0 Å². The summed E-state index contributed by atoms with van der Waals surface area (Å²) in [5, 5.41) is 0. The van der Waals surface area contributed by atoms with E-state index < -0.39 is 5.41 Å². The number of para-hydroxylation sites is 4. The molecule has 0 amide bonds. The summed E-state index contributed by atoms with van der Waals surface area (Å²) in [5.41, 5.74) is 16.6. The Morgan fingerprint density at radius 3 is 1.09 bits per heavy atom. The molecule has 0 N–H and O–H groups in total. The van der Waals surface area contributed by atoms with Gasteiger partial charge in [0, 0.05) is 45.1 Å². The summed E-state index contributed by atoms with van der Waals surface area (Å²) in [7, 11) is 0. The third-order valence-corrected chi connectivity index (χ3v) is 11.3. The first-order valence-corrected chi connectivity index (χ1v) is 19.8. The molecule has 3 heteroatoms. The average molecular weight is 748 g/mol. The first-order valence-electron chi connectivity index (χ1n) is 19.8. The van der Waals surface area contributed by atoms with Crippen molar-refractivity contribution in [2.75, 3.05) is 14.7 Å². The van der Waals surface area contributed by atoms with E-state index in [1.807, 2.05) is 12.2 Å². The first-order chi connectivity index (χ1) is 28.5. The third-order valence-electron chi connectivity index (χ3n) is 11.3. The van der Waals surface area contributed by atoms with Gasteiger partial charge in [0.2, 0.25) is 0 Å². The fraction of sp³-hybridized carbons (Fsp3) is 0.0545. The zero-order chi connectivity index (χ0) is 39.6. The Bertz CT molecular complexity index is 2570. The quantitative estimate of drug-likeness (QED) is 0.130. The van der Waals surface area contributed by atoms with Gasteiger partial charge in [-0.05, 0) is 119 Å². The zero-order valence-electron chi connectivity index (χ0n) is 33.0. The summed E-state index contributed by atoms with van der Waals surface area (Å²) in [6.45, 7) is 12.9. The summed E-state index contributed by atoms with van der Waals surface area (Å²) in [6, 6.07) is 71.8. The molecule has 1 aliphatic rings. The molecule has 0 unspecified atom stereocenters. The second-order valence-corrected chi connectivity index (χ2v) is 15.1. The summed E-state index contributed by atoms with van der Waals surface area (Å²) in [6.07, 6.45) is 3.79. The highest BCUT2D eigenvalue weighted by Gasteiger charge is 2.44. The van der Waals surface area contributed by atoms with Gasteiger partial charge < -0.3 is 14.7 Å². The van der Waals surface area contributed by atoms with Gasteiger partial charge in [-0.25, -0.2) is 0 Å². The van der Waals surface area contributed by atoms with Gasteiger partial charge in [-0.1, -0.05) is 148 Å². The van der Waals surface area contributed by atoms with Gasteiger partial charge in [0.1, 0.15) is 0 Å². The van der Waals surface area contributed by atoms with Crippen LogP contribution in [-0.2, 0) is 5.41 Å². The summed E-state index contributed by atoms with van der Waals surface area (Å²) in [5.74, 6) is 0. The van der Waals surface area contributed by atoms with Crippen molar-refractivity contribution < 1.29 is 0 Å². The third kappa shape index (κ3) is 6.37. The maximum absolute atomic E-state index is 4.04. The minimum atomic E-state index is -0.457. The molecule has 0 aromatic heterocycles. The van der Waals surface area contributed by atoms with Crippen LogP contribution < -0.4 is 14.7 Å². The lowest BCUT2D eigenvalue weighted by Gasteiger charge is -2.35. The molecule has 280 valence electrons. The van der Waals surface area contributed by atoms with E-state index in [1.54, 1.807) is 0 Å². The molecular weight excluding hydrogens is 703 g/mol. The highest BCUT2D eigenvalue weighted by Crippen LogP contribution is 2.61. The van der Waals surface area contributed by atoms with E-state index in [0.29, 0.717) is 0 Å². The predicted molar refractivity (Wildman–Crippen MR) is 248 cm³/mol. The van der Waals surface area contributed by atoms with Crippen molar-refractivity contribution in [3.8, 4) is 11.1 Å². The highest BCUT2D eigenvalue weighted by molar-refractivity contribution is 6.02. The van der Waals surface area contributed by atoms with Gasteiger partial charge in [-0.2, -0.15) is 0 Å². The molecule has 0 radical (unpaired) electrons. The summed E-state index contributed by atoms with van der Waals surface area (Å²) >= 11 is 0. The Hall–Kier alpha value is -7.36. The lowest BCUT2D eigenvalue weighted by molar-refractivity contribution is 0.661. The van der Waals surface area contributed by atoms with Crippen molar-refractivity contribution in [1.29, 1.82) is 0 Å². The van der Waals surface area contributed by atoms with Crippen molar-refractivity contribution in [3.05, 3.63) is 236 Å². The topological polar surface area (TPSA) is 9.72 Å². The normalized spacial score (nSPS) is 12.2. The lowest BCUT2D eigenvalue weighted by atomic mass is 9.79. The molecule has 0 bridgehead atoms. The SMILES string of the molecule is C=Cc1ccc(N(c2ccc(C=C)cc2)c2ccc(N(c3ccccc3)c3ccccc3)c3c2-c2cccc(N(c4ccccc4)c4ccccc4)c2C3(C)C)cc1. The molecule has 0 fully saturated rings. The molecule has 8 aromatic rings. The summed E-state index contributed by atoms with van der Waals surface area (Å²) in [4.78, 5) is 7.24. The minimum absolute atomic E-state index is 0.457. The van der Waals surface area contributed by atoms with E-state index in [1.165, 1.54) is 22.3 Å². The molecule has 1 aliphatic carbocycles. The van der Waals surface area contributed by atoms with E-state index >= 15 is 0 Å². The van der Waals surface area contributed by atoms with E-state index in [0.717, 1.165) is 62.3 Å². The Kier molecular flexibility index (Phi) is 9.57. The van der Waals surface area contributed by atoms with Crippen LogP contribution in [0, 0.1) is 0 Å². The first kappa shape index (κ1) is 36.3. The van der Waals surface area contributed by atoms with Gasteiger partial charge in [0.05, 0.1) is 17.1 Å². The second kappa shape index (κ2) is 15.3. The van der Waals surface area contributed by atoms with Crippen molar-refractivity contribution >= 4 is 63.3 Å². The van der Waals surface area contributed by atoms with E-state index in [-0.39, 0.29) is 0 Å². The standard InChI is InChI=1S/C55H45N3/c1-5-40-30-34-46(35-31-40)56(47-36-32-41(6-2)33-37-47)49-38-39-51(58(44-24-15-9-16-25-44)45-26-17-10-18-27-45)54-52(49)48-28-19-29-50(53(48)55(54,3)4)57(42-20-11-7-12-21-42)43-22-13-8-14-23-43/h5-39H,1-2H2,3-4H3. The number of nitrogens with zero attached hydrogens (tertiary/aromatic N) is 3. The van der Waals surface area contributed by atoms with Gasteiger partial charge in [0.15, 0.2) is 0 Å². The van der Waals surface area contributed by atoms with Gasteiger partial charge in [-0.15, -0.1) is 0 Å². The van der Waals surface area contributed by atoms with Crippen LogP contribution >= 0.6 is 0 Å². The Morgan fingerprint density at radius 1 is 0.345 bits per heavy atom. The molecule has 0 aliphatic heterocycles. The van der Waals surface area contributed by atoms with Crippen LogP contribution in [-0.4, -0.2) is 0 Å². The van der Waals surface area contributed by atoms with Crippen LogP contribution in [0.2, 0.25) is 0 Å². The van der Waals surface area contributed by atoms with Crippen molar-refractivity contribution in [1.82, 2.24) is 0 Å². The second-order valence-electron chi connectivity index (χ2n) is 15.1. The number of hydrogen-bond donors (Lipinski definition) is 0. The minimum Gasteiger partial charge on any atom is -0.310 e. The Morgan fingerprint density at radius 2 is 0.690 bits per heavy atom. The molecule has 3 nitrogen and oxygen atoms in total. The van der Waals surface area contributed by atoms with Gasteiger partial charge in [0.25, 0.3) is 0 Å². The van der Waals surface area contributed by atoms with Crippen LogP contribution in [0.4, 0.5) is 51.2 Å². The number of hydrogen-bond acceptors (Lipinski definition) is 3. The maximum atomic E-state index is 4.04. The molecule has 58 heavy (non-hydrogen) atoms. The molecule has 0 atom stereocenters. The predicted octanol–water partition coefficient (Wildman–Crippen LogP) is 15.7. The largest absolute Gasteiger partial charge is 0.310 e. The van der Waals surface area contributed by atoms with Crippen LogP contribution in [0.5, 0.6) is 0 Å². The highest BCUT2D eigenvalue weighted by atomic mass is 15.2. The fourth-order valence-electron chi connectivity index (χ4n) is 8.68. The smallest absolute Gasteiger partial charge is 0.0544 e. The molecular formula is C55H45N3. The van der Waals surface area contributed by atoms with Crippen LogP contribution in [0.25, 0.3) is 23.3 Å². The monoisotopic (exact) mass is 747 g/mol.